The lowest BCUT2D eigenvalue weighted by Gasteiger charge is -2.35. The third kappa shape index (κ3) is 7.18. The van der Waals surface area contributed by atoms with Gasteiger partial charge >= 0.3 is 5.97 Å². The van der Waals surface area contributed by atoms with Crippen molar-refractivity contribution in [2.45, 2.75) is 77.4 Å². The number of likely N-dealkylation sites (tertiary alicyclic amines) is 1. The lowest BCUT2D eigenvalue weighted by molar-refractivity contribution is -0.145. The van der Waals surface area contributed by atoms with E-state index in [1.807, 2.05) is 0 Å². The number of benzene rings is 1. The number of hydrogen-bond donors (Lipinski definition) is 3. The highest BCUT2D eigenvalue weighted by Gasteiger charge is 2.53. The van der Waals surface area contributed by atoms with Crippen LogP contribution < -0.4 is 15.4 Å². The number of rotatable bonds is 10. The number of carbonyl (C=O) groups is 4. The number of carbonyl (C=O) groups excluding carboxylic acids is 4. The minimum Gasteiger partial charge on any atom is -0.482 e. The predicted molar refractivity (Wildman–Crippen MR) is 131 cm³/mol. The second-order valence-corrected chi connectivity index (χ2v) is 10.6. The standard InChI is InChI=1S/C26H36FN3O7/c1-5-36-20(32)15-37-19-9-7-6-8-16(19)13-28-22(33)18-12-17(31)14-30(18)23(34)21(25(2,3)4)29-24(35)26(27)10-11-26/h6-9,17-18,21,31H,5,10-15H2,1-4H3,(H,28,33)(H,29,35)/t17-,18+,21-/m1/s1. The second-order valence-electron chi connectivity index (χ2n) is 10.6. The highest BCUT2D eigenvalue weighted by molar-refractivity contribution is 5.95. The first-order valence-corrected chi connectivity index (χ1v) is 12.5. The molecule has 0 radical (unpaired) electrons. The number of amides is 3. The Kier molecular flexibility index (Phi) is 8.78. The van der Waals surface area contributed by atoms with Crippen LogP contribution >= 0.6 is 0 Å². The lowest BCUT2D eigenvalue weighted by Crippen LogP contribution is -2.59. The fourth-order valence-electron chi connectivity index (χ4n) is 4.15. The maximum atomic E-state index is 14.3. The van der Waals surface area contributed by atoms with Crippen LogP contribution in [0.25, 0.3) is 0 Å². The van der Waals surface area contributed by atoms with Crippen molar-refractivity contribution in [1.82, 2.24) is 15.5 Å². The van der Waals surface area contributed by atoms with Crippen LogP contribution in [0, 0.1) is 5.41 Å². The maximum Gasteiger partial charge on any atom is 0.344 e. The first-order chi connectivity index (χ1) is 17.4. The number of alkyl halides is 1. The van der Waals surface area contributed by atoms with Crippen LogP contribution in [0.15, 0.2) is 24.3 Å². The molecule has 3 N–H and O–H groups in total. The number of nitrogens with zero attached hydrogens (tertiary/aromatic N) is 1. The summed E-state index contributed by atoms with van der Waals surface area (Å²) in [4.78, 5) is 51.9. The van der Waals surface area contributed by atoms with Gasteiger partial charge < -0.3 is 30.1 Å². The number of nitrogens with one attached hydrogen (secondary N) is 2. The molecule has 0 spiro atoms. The zero-order valence-corrected chi connectivity index (χ0v) is 21.7. The lowest BCUT2D eigenvalue weighted by atomic mass is 9.85. The van der Waals surface area contributed by atoms with Gasteiger partial charge in [0.15, 0.2) is 12.3 Å². The van der Waals surface area contributed by atoms with Gasteiger partial charge in [-0.15, -0.1) is 0 Å². The average molecular weight is 522 g/mol. The van der Waals surface area contributed by atoms with Crippen LogP contribution in [0.5, 0.6) is 5.75 Å². The van der Waals surface area contributed by atoms with E-state index in [9.17, 15) is 28.7 Å². The Bertz CT molecular complexity index is 1020. The number of ether oxygens (including phenoxy) is 2. The smallest absolute Gasteiger partial charge is 0.344 e. The van der Waals surface area contributed by atoms with Gasteiger partial charge in [-0.1, -0.05) is 39.0 Å². The predicted octanol–water partition coefficient (Wildman–Crippen LogP) is 1.24. The van der Waals surface area contributed by atoms with E-state index >= 15 is 0 Å². The third-order valence-electron chi connectivity index (χ3n) is 6.43. The SMILES string of the molecule is CCOC(=O)COc1ccccc1CNC(=O)[C@@H]1C[C@@H](O)CN1C(=O)[C@@H](NC(=O)C1(F)CC1)C(C)(C)C. The average Bonchev–Trinajstić information content (AvgIpc) is 3.47. The van der Waals surface area contributed by atoms with Crippen LogP contribution in [0.4, 0.5) is 4.39 Å². The van der Waals surface area contributed by atoms with E-state index in [1.165, 1.54) is 4.90 Å². The molecule has 1 aromatic rings. The van der Waals surface area contributed by atoms with Crippen molar-refractivity contribution in [3.05, 3.63) is 29.8 Å². The summed E-state index contributed by atoms with van der Waals surface area (Å²) in [5.41, 5.74) is -2.11. The van der Waals surface area contributed by atoms with E-state index in [2.05, 4.69) is 10.6 Å². The van der Waals surface area contributed by atoms with Crippen molar-refractivity contribution >= 4 is 23.7 Å². The first-order valence-electron chi connectivity index (χ1n) is 12.5. The molecule has 2 aliphatic rings. The molecular formula is C26H36FN3O7. The molecule has 1 saturated carbocycles. The number of β-amino-alcohol motifs (C(OH)–C–C–N with tert-alkyl or cyclic N) is 1. The summed E-state index contributed by atoms with van der Waals surface area (Å²) in [6.45, 7) is 6.83. The number of esters is 1. The molecule has 1 aromatic carbocycles. The summed E-state index contributed by atoms with van der Waals surface area (Å²) in [6, 6.07) is 4.81. The molecule has 0 unspecified atom stereocenters. The third-order valence-corrected chi connectivity index (χ3v) is 6.43. The van der Waals surface area contributed by atoms with E-state index in [4.69, 9.17) is 9.47 Å². The van der Waals surface area contributed by atoms with Crippen molar-refractivity contribution in [2.24, 2.45) is 5.41 Å². The van der Waals surface area contributed by atoms with E-state index < -0.39 is 53.0 Å². The Balaban J connectivity index is 1.68. The minimum absolute atomic E-state index is 0.0242. The largest absolute Gasteiger partial charge is 0.482 e. The minimum atomic E-state index is -1.95. The summed E-state index contributed by atoms with van der Waals surface area (Å²) in [5, 5.41) is 15.6. The maximum absolute atomic E-state index is 14.3. The number of aliphatic hydroxyl groups excluding tert-OH is 1. The number of aliphatic hydroxyl groups is 1. The molecule has 37 heavy (non-hydrogen) atoms. The van der Waals surface area contributed by atoms with Gasteiger partial charge in [-0.3, -0.25) is 14.4 Å². The fraction of sp³-hybridized carbons (Fsp3) is 0.615. The van der Waals surface area contributed by atoms with Gasteiger partial charge in [-0.25, -0.2) is 9.18 Å². The zero-order valence-electron chi connectivity index (χ0n) is 21.7. The molecule has 11 heteroatoms. The van der Waals surface area contributed by atoms with Gasteiger partial charge in [0.1, 0.15) is 17.8 Å². The summed E-state index contributed by atoms with van der Waals surface area (Å²) in [7, 11) is 0. The number of halogens is 1. The Labute approximate surface area is 215 Å². The van der Waals surface area contributed by atoms with Gasteiger partial charge in [-0.2, -0.15) is 0 Å². The van der Waals surface area contributed by atoms with Gasteiger partial charge in [0.05, 0.1) is 12.7 Å². The topological polar surface area (TPSA) is 134 Å². The number of para-hydroxylation sites is 1. The van der Waals surface area contributed by atoms with Crippen LogP contribution in [0.3, 0.4) is 0 Å². The molecule has 1 saturated heterocycles. The van der Waals surface area contributed by atoms with Crippen LogP contribution in [-0.4, -0.2) is 77.3 Å². The van der Waals surface area contributed by atoms with Crippen molar-refractivity contribution in [3.8, 4) is 5.75 Å². The summed E-state index contributed by atoms with van der Waals surface area (Å²) >= 11 is 0. The zero-order chi connectivity index (χ0) is 27.4. The molecular weight excluding hydrogens is 485 g/mol. The molecule has 0 aromatic heterocycles. The summed E-state index contributed by atoms with van der Waals surface area (Å²) < 4.78 is 24.7. The highest BCUT2D eigenvalue weighted by Crippen LogP contribution is 2.40. The van der Waals surface area contributed by atoms with E-state index in [1.54, 1.807) is 52.0 Å². The van der Waals surface area contributed by atoms with Crippen LogP contribution in [-0.2, 0) is 30.5 Å². The number of hydrogen-bond acceptors (Lipinski definition) is 7. The quantitative estimate of drug-likeness (QED) is 0.395. The van der Waals surface area contributed by atoms with Crippen molar-refractivity contribution in [1.29, 1.82) is 0 Å². The molecule has 2 fully saturated rings. The first kappa shape index (κ1) is 28.4. The molecule has 204 valence electrons. The molecule has 0 bridgehead atoms. The van der Waals surface area contributed by atoms with Crippen molar-refractivity contribution in [2.75, 3.05) is 19.8 Å². The van der Waals surface area contributed by atoms with Gasteiger partial charge in [0, 0.05) is 25.1 Å². The molecule has 1 aliphatic heterocycles. The Morgan fingerprint density at radius 3 is 2.51 bits per heavy atom. The van der Waals surface area contributed by atoms with Crippen molar-refractivity contribution in [3.63, 3.8) is 0 Å². The van der Waals surface area contributed by atoms with Gasteiger partial charge in [0.25, 0.3) is 5.91 Å². The highest BCUT2D eigenvalue weighted by atomic mass is 19.1. The Hall–Kier alpha value is -3.21. The normalized spacial score (nSPS) is 21.1. The van der Waals surface area contributed by atoms with Crippen molar-refractivity contribution < 1.29 is 38.1 Å². The Morgan fingerprint density at radius 2 is 1.89 bits per heavy atom. The second kappa shape index (κ2) is 11.5. The van der Waals surface area contributed by atoms with Gasteiger partial charge in [0.2, 0.25) is 11.8 Å². The van der Waals surface area contributed by atoms with E-state index in [0.717, 1.165) is 0 Å². The van der Waals surface area contributed by atoms with Gasteiger partial charge in [-0.05, 0) is 31.2 Å². The molecule has 1 aliphatic carbocycles. The molecule has 10 nitrogen and oxygen atoms in total. The van der Waals surface area contributed by atoms with Crippen LogP contribution in [0.2, 0.25) is 0 Å². The van der Waals surface area contributed by atoms with Crippen LogP contribution in [0.1, 0.15) is 52.5 Å². The van der Waals surface area contributed by atoms with E-state index in [0.29, 0.717) is 11.3 Å². The molecule has 3 amide bonds. The fourth-order valence-corrected chi connectivity index (χ4v) is 4.15. The molecule has 3 atom stereocenters. The molecule has 1 heterocycles. The Morgan fingerprint density at radius 1 is 1.22 bits per heavy atom. The summed E-state index contributed by atoms with van der Waals surface area (Å²) in [6.07, 6.45) is -0.673. The summed E-state index contributed by atoms with van der Waals surface area (Å²) in [5.74, 6) is -2.00. The monoisotopic (exact) mass is 521 g/mol. The molecule has 3 rings (SSSR count). The van der Waals surface area contributed by atoms with E-state index in [-0.39, 0.29) is 45.6 Å².